The lowest BCUT2D eigenvalue weighted by Crippen LogP contribution is -2.57. The number of urea groups is 1. The van der Waals surface area contributed by atoms with Gasteiger partial charge in [-0.3, -0.25) is 0 Å². The molecule has 1 aliphatic heterocycles. The van der Waals surface area contributed by atoms with Crippen LogP contribution in [0.4, 0.5) is 4.79 Å². The summed E-state index contributed by atoms with van der Waals surface area (Å²) in [5.74, 6) is -0.982. The summed E-state index contributed by atoms with van der Waals surface area (Å²) in [4.78, 5) is 25.0. The van der Waals surface area contributed by atoms with E-state index in [4.69, 9.17) is 9.84 Å². The number of amides is 2. The van der Waals surface area contributed by atoms with Gasteiger partial charge in [-0.1, -0.05) is 20.3 Å². The quantitative estimate of drug-likeness (QED) is 0.794. The summed E-state index contributed by atoms with van der Waals surface area (Å²) in [5.41, 5.74) is 0. The van der Waals surface area contributed by atoms with Crippen molar-refractivity contribution < 1.29 is 19.4 Å². The van der Waals surface area contributed by atoms with Gasteiger partial charge in [0, 0.05) is 6.54 Å². The number of nitrogens with one attached hydrogen (secondary N) is 1. The maximum Gasteiger partial charge on any atom is 0.326 e. The number of hydrogen-bond acceptors (Lipinski definition) is 3. The van der Waals surface area contributed by atoms with E-state index in [1.165, 1.54) is 0 Å². The Morgan fingerprint density at radius 1 is 1.47 bits per heavy atom. The van der Waals surface area contributed by atoms with Gasteiger partial charge in [0.15, 0.2) is 0 Å². The average molecular weight is 272 g/mol. The van der Waals surface area contributed by atoms with E-state index in [0.717, 1.165) is 6.42 Å². The minimum absolute atomic E-state index is 0.0111. The SMILES string of the molecule is CCC[C@@H](NC(=O)N1CC(C)OCC1CC)C(=O)O. The van der Waals surface area contributed by atoms with E-state index in [1.807, 2.05) is 20.8 Å². The molecule has 1 heterocycles. The lowest BCUT2D eigenvalue weighted by molar-refractivity contribution is -0.139. The summed E-state index contributed by atoms with van der Waals surface area (Å²) < 4.78 is 5.52. The monoisotopic (exact) mass is 272 g/mol. The van der Waals surface area contributed by atoms with E-state index < -0.39 is 12.0 Å². The van der Waals surface area contributed by atoms with Crippen LogP contribution in [-0.4, -0.2) is 53.3 Å². The van der Waals surface area contributed by atoms with Crippen LogP contribution < -0.4 is 5.32 Å². The van der Waals surface area contributed by atoms with Crippen LogP contribution in [0, 0.1) is 0 Å². The molecule has 2 amide bonds. The largest absolute Gasteiger partial charge is 0.480 e. The lowest BCUT2D eigenvalue weighted by atomic mass is 10.1. The van der Waals surface area contributed by atoms with Crippen molar-refractivity contribution in [2.24, 2.45) is 0 Å². The molecule has 0 aromatic carbocycles. The van der Waals surface area contributed by atoms with Crippen LogP contribution in [0.5, 0.6) is 0 Å². The van der Waals surface area contributed by atoms with Gasteiger partial charge in [0.25, 0.3) is 0 Å². The van der Waals surface area contributed by atoms with Crippen molar-refractivity contribution in [1.29, 1.82) is 0 Å². The molecule has 0 bridgehead atoms. The Morgan fingerprint density at radius 3 is 2.68 bits per heavy atom. The zero-order valence-corrected chi connectivity index (χ0v) is 11.9. The van der Waals surface area contributed by atoms with Gasteiger partial charge in [-0.05, 0) is 19.8 Å². The molecular formula is C13H24N2O4. The molecule has 2 N–H and O–H groups in total. The second kappa shape index (κ2) is 7.33. The molecule has 6 nitrogen and oxygen atoms in total. The molecule has 0 radical (unpaired) electrons. The highest BCUT2D eigenvalue weighted by Crippen LogP contribution is 2.15. The first kappa shape index (κ1) is 15.8. The molecule has 1 aliphatic rings. The smallest absolute Gasteiger partial charge is 0.326 e. The van der Waals surface area contributed by atoms with Gasteiger partial charge in [0.2, 0.25) is 0 Å². The summed E-state index contributed by atoms with van der Waals surface area (Å²) in [6.45, 7) is 6.81. The number of carbonyl (C=O) groups excluding carboxylic acids is 1. The van der Waals surface area contributed by atoms with Crippen LogP contribution in [0.1, 0.15) is 40.0 Å². The fourth-order valence-corrected chi connectivity index (χ4v) is 2.21. The molecule has 110 valence electrons. The number of carboxylic acids is 1. The van der Waals surface area contributed by atoms with Crippen molar-refractivity contribution in [1.82, 2.24) is 10.2 Å². The lowest BCUT2D eigenvalue weighted by Gasteiger charge is -2.38. The number of carbonyl (C=O) groups is 2. The van der Waals surface area contributed by atoms with Crippen LogP contribution in [-0.2, 0) is 9.53 Å². The Morgan fingerprint density at radius 2 is 2.16 bits per heavy atom. The minimum atomic E-state index is -0.982. The van der Waals surface area contributed by atoms with E-state index in [0.29, 0.717) is 26.0 Å². The van der Waals surface area contributed by atoms with Gasteiger partial charge < -0.3 is 20.1 Å². The first-order valence-electron chi connectivity index (χ1n) is 6.91. The van der Waals surface area contributed by atoms with Crippen LogP contribution in [0.15, 0.2) is 0 Å². The number of ether oxygens (including phenoxy) is 1. The van der Waals surface area contributed by atoms with Crippen LogP contribution >= 0.6 is 0 Å². The third-order valence-corrected chi connectivity index (χ3v) is 3.37. The Balaban J connectivity index is 2.65. The van der Waals surface area contributed by atoms with Gasteiger partial charge in [-0.2, -0.15) is 0 Å². The molecule has 1 saturated heterocycles. The zero-order valence-electron chi connectivity index (χ0n) is 11.9. The van der Waals surface area contributed by atoms with Crippen molar-refractivity contribution >= 4 is 12.0 Å². The molecule has 0 aliphatic carbocycles. The first-order chi connectivity index (χ1) is 8.99. The van der Waals surface area contributed by atoms with Crippen molar-refractivity contribution in [2.75, 3.05) is 13.2 Å². The first-order valence-corrected chi connectivity index (χ1v) is 6.91. The fraction of sp³-hybridized carbons (Fsp3) is 0.846. The third kappa shape index (κ3) is 4.38. The Bertz CT molecular complexity index is 322. The molecular weight excluding hydrogens is 248 g/mol. The molecule has 6 heteroatoms. The van der Waals surface area contributed by atoms with Crippen molar-refractivity contribution in [3.8, 4) is 0 Å². The minimum Gasteiger partial charge on any atom is -0.480 e. The van der Waals surface area contributed by atoms with Crippen LogP contribution in [0.2, 0.25) is 0 Å². The second-order valence-corrected chi connectivity index (χ2v) is 4.99. The predicted octanol–water partition coefficient (Wildman–Crippen LogP) is 1.45. The summed E-state index contributed by atoms with van der Waals surface area (Å²) in [6, 6.07) is -1.09. The molecule has 19 heavy (non-hydrogen) atoms. The van der Waals surface area contributed by atoms with Crippen molar-refractivity contribution in [3.63, 3.8) is 0 Å². The highest BCUT2D eigenvalue weighted by molar-refractivity contribution is 5.82. The van der Waals surface area contributed by atoms with E-state index in [9.17, 15) is 9.59 Å². The van der Waals surface area contributed by atoms with E-state index in [1.54, 1.807) is 4.90 Å². The third-order valence-electron chi connectivity index (χ3n) is 3.37. The molecule has 1 fully saturated rings. The number of carboxylic acid groups (broad SMARTS) is 1. The van der Waals surface area contributed by atoms with E-state index >= 15 is 0 Å². The maximum absolute atomic E-state index is 12.2. The highest BCUT2D eigenvalue weighted by atomic mass is 16.5. The molecule has 0 aromatic rings. The Hall–Kier alpha value is -1.30. The average Bonchev–Trinajstić information content (AvgIpc) is 2.37. The van der Waals surface area contributed by atoms with Gasteiger partial charge in [0.05, 0.1) is 18.8 Å². The number of rotatable bonds is 5. The summed E-state index contributed by atoms with van der Waals surface area (Å²) in [7, 11) is 0. The van der Waals surface area contributed by atoms with Crippen LogP contribution in [0.25, 0.3) is 0 Å². The summed E-state index contributed by atoms with van der Waals surface area (Å²) in [6.07, 6.45) is 1.94. The second-order valence-electron chi connectivity index (χ2n) is 4.99. The molecule has 0 spiro atoms. The standard InChI is InChI=1S/C13H24N2O4/c1-4-6-11(12(16)17)14-13(18)15-7-9(3)19-8-10(15)5-2/h9-11H,4-8H2,1-3H3,(H,14,18)(H,16,17)/t9?,10?,11-/m1/s1. The Labute approximate surface area is 114 Å². The van der Waals surface area contributed by atoms with E-state index in [2.05, 4.69) is 5.32 Å². The molecule has 3 atom stereocenters. The fourth-order valence-electron chi connectivity index (χ4n) is 2.21. The summed E-state index contributed by atoms with van der Waals surface area (Å²) in [5, 5.41) is 11.7. The summed E-state index contributed by atoms with van der Waals surface area (Å²) >= 11 is 0. The van der Waals surface area contributed by atoms with E-state index in [-0.39, 0.29) is 18.2 Å². The van der Waals surface area contributed by atoms with Gasteiger partial charge in [0.1, 0.15) is 6.04 Å². The van der Waals surface area contributed by atoms with Gasteiger partial charge in [-0.25, -0.2) is 9.59 Å². The van der Waals surface area contributed by atoms with Crippen molar-refractivity contribution in [3.05, 3.63) is 0 Å². The number of nitrogens with zero attached hydrogens (tertiary/aromatic N) is 1. The molecule has 0 aromatic heterocycles. The topological polar surface area (TPSA) is 78.9 Å². The number of hydrogen-bond donors (Lipinski definition) is 2. The molecule has 0 saturated carbocycles. The molecule has 2 unspecified atom stereocenters. The maximum atomic E-state index is 12.2. The van der Waals surface area contributed by atoms with Crippen molar-refractivity contribution in [2.45, 2.75) is 58.2 Å². The number of morpholine rings is 1. The number of aliphatic carboxylic acids is 1. The Kier molecular flexibility index (Phi) is 6.08. The highest BCUT2D eigenvalue weighted by Gasteiger charge is 2.31. The van der Waals surface area contributed by atoms with Crippen LogP contribution in [0.3, 0.4) is 0 Å². The molecule has 1 rings (SSSR count). The normalized spacial score (nSPS) is 24.9. The van der Waals surface area contributed by atoms with Gasteiger partial charge in [-0.15, -0.1) is 0 Å². The predicted molar refractivity (Wildman–Crippen MR) is 71.1 cm³/mol. The zero-order chi connectivity index (χ0) is 14.4. The van der Waals surface area contributed by atoms with Gasteiger partial charge >= 0.3 is 12.0 Å².